The van der Waals surface area contributed by atoms with Crippen LogP contribution in [0, 0.1) is 5.41 Å². The average molecular weight is 313 g/mol. The molecule has 120 valence electrons. The van der Waals surface area contributed by atoms with Crippen LogP contribution in [0.2, 0.25) is 0 Å². The molecule has 1 unspecified atom stereocenters. The molecule has 0 fully saturated rings. The van der Waals surface area contributed by atoms with Gasteiger partial charge in [0.2, 0.25) is 5.91 Å². The molecule has 1 rings (SSSR count). The van der Waals surface area contributed by atoms with E-state index in [1.54, 1.807) is 0 Å². The summed E-state index contributed by atoms with van der Waals surface area (Å²) in [4.78, 5) is 12.1. The number of aryl methyl sites for hydroxylation is 1. The Morgan fingerprint density at radius 1 is 1.29 bits per heavy atom. The number of carbonyl (C=O) groups excluding carboxylic acids is 1. The molecular formula is C17H29ClN2O. The van der Waals surface area contributed by atoms with Gasteiger partial charge >= 0.3 is 0 Å². The maximum atomic E-state index is 12.1. The number of carbonyl (C=O) groups is 1. The molecule has 0 aromatic heterocycles. The highest BCUT2D eigenvalue weighted by Crippen LogP contribution is 2.23. The van der Waals surface area contributed by atoms with E-state index >= 15 is 0 Å². The number of nitrogens with one attached hydrogen (secondary N) is 1. The number of nitrogens with two attached hydrogens (primary N) is 1. The van der Waals surface area contributed by atoms with Gasteiger partial charge in [0, 0.05) is 18.0 Å². The third kappa shape index (κ3) is 8.08. The zero-order valence-corrected chi connectivity index (χ0v) is 14.2. The van der Waals surface area contributed by atoms with Crippen LogP contribution in [0.5, 0.6) is 0 Å². The number of rotatable bonds is 8. The predicted octanol–water partition coefficient (Wildman–Crippen LogP) is 3.31. The SMILES string of the molecule is CC(N)CCNC(=O)C(C)(C)CCCc1ccccc1.Cl. The number of amides is 1. The molecule has 0 spiro atoms. The first-order valence-corrected chi connectivity index (χ1v) is 7.49. The molecule has 3 N–H and O–H groups in total. The molecule has 0 aliphatic rings. The lowest BCUT2D eigenvalue weighted by Crippen LogP contribution is -2.38. The van der Waals surface area contributed by atoms with E-state index in [0.29, 0.717) is 6.54 Å². The summed E-state index contributed by atoms with van der Waals surface area (Å²) < 4.78 is 0. The smallest absolute Gasteiger partial charge is 0.225 e. The summed E-state index contributed by atoms with van der Waals surface area (Å²) in [5, 5.41) is 2.98. The van der Waals surface area contributed by atoms with Gasteiger partial charge in [0.15, 0.2) is 0 Å². The van der Waals surface area contributed by atoms with Crippen LogP contribution in [0.1, 0.15) is 45.6 Å². The van der Waals surface area contributed by atoms with Crippen molar-refractivity contribution in [2.45, 2.75) is 52.5 Å². The van der Waals surface area contributed by atoms with Crippen molar-refractivity contribution in [3.63, 3.8) is 0 Å². The highest BCUT2D eigenvalue weighted by Gasteiger charge is 2.26. The zero-order valence-electron chi connectivity index (χ0n) is 13.4. The van der Waals surface area contributed by atoms with Gasteiger partial charge in [-0.15, -0.1) is 12.4 Å². The van der Waals surface area contributed by atoms with Gasteiger partial charge in [-0.05, 0) is 38.2 Å². The minimum absolute atomic E-state index is 0. The molecule has 0 saturated carbocycles. The molecule has 0 bridgehead atoms. The second kappa shape index (κ2) is 9.80. The quantitative estimate of drug-likeness (QED) is 0.773. The maximum absolute atomic E-state index is 12.1. The molecule has 4 heteroatoms. The predicted molar refractivity (Wildman–Crippen MR) is 91.7 cm³/mol. The first-order valence-electron chi connectivity index (χ1n) is 7.49. The third-order valence-corrected chi connectivity index (χ3v) is 3.61. The van der Waals surface area contributed by atoms with Crippen LogP contribution in [0.4, 0.5) is 0 Å². The fourth-order valence-corrected chi connectivity index (χ4v) is 2.15. The van der Waals surface area contributed by atoms with E-state index < -0.39 is 0 Å². The summed E-state index contributed by atoms with van der Waals surface area (Å²) in [6.07, 6.45) is 3.77. The van der Waals surface area contributed by atoms with Gasteiger partial charge in [0.1, 0.15) is 0 Å². The Kier molecular flexibility index (Phi) is 9.31. The normalized spacial score (nSPS) is 12.4. The van der Waals surface area contributed by atoms with Crippen molar-refractivity contribution in [3.8, 4) is 0 Å². The van der Waals surface area contributed by atoms with E-state index in [9.17, 15) is 4.79 Å². The Bertz CT molecular complexity index is 405. The Balaban J connectivity index is 0.00000400. The maximum Gasteiger partial charge on any atom is 0.225 e. The molecule has 1 amide bonds. The number of hydrogen-bond donors (Lipinski definition) is 2. The van der Waals surface area contributed by atoms with Crippen LogP contribution in [0.25, 0.3) is 0 Å². The van der Waals surface area contributed by atoms with Crippen molar-refractivity contribution in [2.24, 2.45) is 11.1 Å². The summed E-state index contributed by atoms with van der Waals surface area (Å²) in [7, 11) is 0. The van der Waals surface area contributed by atoms with Crippen molar-refractivity contribution >= 4 is 18.3 Å². The van der Waals surface area contributed by atoms with Crippen LogP contribution >= 0.6 is 12.4 Å². The molecule has 0 heterocycles. The fourth-order valence-electron chi connectivity index (χ4n) is 2.15. The van der Waals surface area contributed by atoms with Crippen LogP contribution < -0.4 is 11.1 Å². The topological polar surface area (TPSA) is 55.1 Å². The van der Waals surface area contributed by atoms with Crippen molar-refractivity contribution < 1.29 is 4.79 Å². The number of benzene rings is 1. The summed E-state index contributed by atoms with van der Waals surface area (Å²) >= 11 is 0. The van der Waals surface area contributed by atoms with Crippen LogP contribution in [-0.4, -0.2) is 18.5 Å². The zero-order chi connectivity index (χ0) is 15.0. The average Bonchev–Trinajstić information content (AvgIpc) is 2.39. The molecule has 21 heavy (non-hydrogen) atoms. The summed E-state index contributed by atoms with van der Waals surface area (Å²) in [6.45, 7) is 6.65. The Labute approximate surface area is 135 Å². The van der Waals surface area contributed by atoms with E-state index in [4.69, 9.17) is 5.73 Å². The van der Waals surface area contributed by atoms with Gasteiger partial charge in [-0.25, -0.2) is 0 Å². The molecule has 0 aliphatic heterocycles. The molecule has 0 aliphatic carbocycles. The second-order valence-electron chi connectivity index (χ2n) is 6.24. The highest BCUT2D eigenvalue weighted by atomic mass is 35.5. The molecule has 1 aromatic carbocycles. The van der Waals surface area contributed by atoms with Crippen LogP contribution in [0.15, 0.2) is 30.3 Å². The first kappa shape index (κ1) is 19.9. The molecule has 0 saturated heterocycles. The minimum Gasteiger partial charge on any atom is -0.356 e. The number of hydrogen-bond acceptors (Lipinski definition) is 2. The molecule has 3 nitrogen and oxygen atoms in total. The van der Waals surface area contributed by atoms with E-state index in [1.807, 2.05) is 26.8 Å². The van der Waals surface area contributed by atoms with Crippen molar-refractivity contribution in [1.29, 1.82) is 0 Å². The van der Waals surface area contributed by atoms with Crippen LogP contribution in [0.3, 0.4) is 0 Å². The van der Waals surface area contributed by atoms with Gasteiger partial charge < -0.3 is 11.1 Å². The standard InChI is InChI=1S/C17H28N2O.ClH/c1-14(18)11-13-19-16(20)17(2,3)12-7-10-15-8-5-4-6-9-15;/h4-6,8-9,14H,7,10-13,18H2,1-3H3,(H,19,20);1H. The molecule has 0 radical (unpaired) electrons. The van der Waals surface area contributed by atoms with Gasteiger partial charge in [-0.1, -0.05) is 44.2 Å². The van der Waals surface area contributed by atoms with Gasteiger partial charge in [-0.3, -0.25) is 4.79 Å². The molecule has 1 aromatic rings. The monoisotopic (exact) mass is 312 g/mol. The summed E-state index contributed by atoms with van der Waals surface area (Å²) in [6, 6.07) is 10.5. The lowest BCUT2D eigenvalue weighted by Gasteiger charge is -2.23. The molecule has 1 atom stereocenters. The van der Waals surface area contributed by atoms with Gasteiger partial charge in [0.25, 0.3) is 0 Å². The Morgan fingerprint density at radius 2 is 1.90 bits per heavy atom. The first-order chi connectivity index (χ1) is 9.42. The Hall–Kier alpha value is -1.06. The lowest BCUT2D eigenvalue weighted by molar-refractivity contribution is -0.129. The van der Waals surface area contributed by atoms with Gasteiger partial charge in [-0.2, -0.15) is 0 Å². The third-order valence-electron chi connectivity index (χ3n) is 3.61. The fraction of sp³-hybridized carbons (Fsp3) is 0.588. The summed E-state index contributed by atoms with van der Waals surface area (Å²) in [5.41, 5.74) is 6.70. The van der Waals surface area contributed by atoms with E-state index in [-0.39, 0.29) is 29.8 Å². The minimum atomic E-state index is -0.313. The highest BCUT2D eigenvalue weighted by molar-refractivity contribution is 5.85. The number of halogens is 1. The van der Waals surface area contributed by atoms with Crippen molar-refractivity contribution in [3.05, 3.63) is 35.9 Å². The second-order valence-corrected chi connectivity index (χ2v) is 6.24. The van der Waals surface area contributed by atoms with Crippen molar-refractivity contribution in [1.82, 2.24) is 5.32 Å². The van der Waals surface area contributed by atoms with E-state index in [1.165, 1.54) is 5.56 Å². The van der Waals surface area contributed by atoms with Crippen molar-refractivity contribution in [2.75, 3.05) is 6.54 Å². The van der Waals surface area contributed by atoms with Gasteiger partial charge in [0.05, 0.1) is 0 Å². The Morgan fingerprint density at radius 3 is 2.48 bits per heavy atom. The molecular weight excluding hydrogens is 284 g/mol. The van der Waals surface area contributed by atoms with E-state index in [2.05, 4.69) is 29.6 Å². The van der Waals surface area contributed by atoms with Crippen LogP contribution in [-0.2, 0) is 11.2 Å². The lowest BCUT2D eigenvalue weighted by atomic mass is 9.85. The largest absolute Gasteiger partial charge is 0.356 e. The summed E-state index contributed by atoms with van der Waals surface area (Å²) in [5.74, 6) is 0.131. The van der Waals surface area contributed by atoms with E-state index in [0.717, 1.165) is 25.7 Å².